The number of methoxy groups -OCH3 is 1. The molecule has 1 aromatic carbocycles. The molecule has 1 aliphatic carbocycles. The molecule has 0 saturated heterocycles. The zero-order valence-electron chi connectivity index (χ0n) is 11.9. The highest BCUT2D eigenvalue weighted by Gasteiger charge is 2.35. The van der Waals surface area contributed by atoms with Crippen LogP contribution in [-0.4, -0.2) is 39.0 Å². The van der Waals surface area contributed by atoms with E-state index >= 15 is 0 Å². The van der Waals surface area contributed by atoms with Crippen molar-refractivity contribution in [3.05, 3.63) is 29.6 Å². The van der Waals surface area contributed by atoms with E-state index in [9.17, 15) is 17.6 Å². The Labute approximate surface area is 123 Å². The molecule has 7 heteroatoms. The minimum Gasteiger partial charge on any atom is -0.465 e. The average Bonchev–Trinajstić information content (AvgIpc) is 2.86. The van der Waals surface area contributed by atoms with Gasteiger partial charge in [-0.05, 0) is 37.5 Å². The van der Waals surface area contributed by atoms with Crippen LogP contribution in [0.2, 0.25) is 0 Å². The summed E-state index contributed by atoms with van der Waals surface area (Å²) in [4.78, 5) is 11.7. The largest absolute Gasteiger partial charge is 0.465 e. The Morgan fingerprint density at radius 3 is 2.71 bits per heavy atom. The zero-order chi connectivity index (χ0) is 15.6. The number of sulfone groups is 1. The quantitative estimate of drug-likeness (QED) is 0.860. The Kier molecular flexibility index (Phi) is 4.51. The standard InChI is InChI=1S/C14H18FNO4S/c1-20-14(17)10-7-6-9(15)8-12(10)16-11-4-3-5-13(11)21(2,18)19/h6-8,11,13,16H,3-5H2,1-2H3. The van der Waals surface area contributed by atoms with Gasteiger partial charge in [-0.1, -0.05) is 0 Å². The molecule has 1 aromatic rings. The molecule has 5 nitrogen and oxygen atoms in total. The van der Waals surface area contributed by atoms with Gasteiger partial charge in [0.15, 0.2) is 9.84 Å². The van der Waals surface area contributed by atoms with Gasteiger partial charge in [-0.25, -0.2) is 17.6 Å². The first-order valence-electron chi connectivity index (χ1n) is 6.66. The van der Waals surface area contributed by atoms with Gasteiger partial charge in [0.1, 0.15) is 5.82 Å². The van der Waals surface area contributed by atoms with Gasteiger partial charge in [0, 0.05) is 12.3 Å². The molecule has 2 rings (SSSR count). The van der Waals surface area contributed by atoms with Gasteiger partial charge in [0.2, 0.25) is 0 Å². The number of benzene rings is 1. The highest BCUT2D eigenvalue weighted by Crippen LogP contribution is 2.29. The van der Waals surface area contributed by atoms with Crippen LogP contribution in [-0.2, 0) is 14.6 Å². The van der Waals surface area contributed by atoms with Crippen molar-refractivity contribution in [2.24, 2.45) is 0 Å². The molecule has 0 aliphatic heterocycles. The van der Waals surface area contributed by atoms with Gasteiger partial charge in [-0.15, -0.1) is 0 Å². The molecule has 1 aliphatic rings. The van der Waals surface area contributed by atoms with Crippen LogP contribution >= 0.6 is 0 Å². The van der Waals surface area contributed by atoms with Crippen LogP contribution in [0.5, 0.6) is 0 Å². The molecule has 0 radical (unpaired) electrons. The number of ether oxygens (including phenoxy) is 1. The van der Waals surface area contributed by atoms with Gasteiger partial charge in [-0.2, -0.15) is 0 Å². The third-order valence-electron chi connectivity index (χ3n) is 3.73. The van der Waals surface area contributed by atoms with Crippen molar-refractivity contribution in [3.8, 4) is 0 Å². The van der Waals surface area contributed by atoms with Gasteiger partial charge >= 0.3 is 5.97 Å². The Morgan fingerprint density at radius 1 is 1.38 bits per heavy atom. The number of carbonyl (C=O) groups is 1. The molecule has 0 spiro atoms. The van der Waals surface area contributed by atoms with Gasteiger partial charge in [-0.3, -0.25) is 0 Å². The Bertz CT molecular complexity index is 644. The van der Waals surface area contributed by atoms with Crippen molar-refractivity contribution in [2.75, 3.05) is 18.7 Å². The number of halogens is 1. The molecule has 0 heterocycles. The smallest absolute Gasteiger partial charge is 0.339 e. The molecule has 2 unspecified atom stereocenters. The number of anilines is 1. The number of carbonyl (C=O) groups excluding carboxylic acids is 1. The number of hydrogen-bond donors (Lipinski definition) is 1. The molecule has 0 aromatic heterocycles. The third-order valence-corrected chi connectivity index (χ3v) is 5.39. The van der Waals surface area contributed by atoms with Crippen LogP contribution < -0.4 is 5.32 Å². The summed E-state index contributed by atoms with van der Waals surface area (Å²) in [6, 6.07) is 3.35. The molecular weight excluding hydrogens is 297 g/mol. The van der Waals surface area contributed by atoms with E-state index in [4.69, 9.17) is 0 Å². The first-order chi connectivity index (χ1) is 9.82. The predicted molar refractivity (Wildman–Crippen MR) is 77.6 cm³/mol. The molecule has 21 heavy (non-hydrogen) atoms. The second kappa shape index (κ2) is 6.01. The predicted octanol–water partition coefficient (Wildman–Crippen LogP) is 1.99. The lowest BCUT2D eigenvalue weighted by Crippen LogP contribution is -2.34. The minimum atomic E-state index is -3.19. The fourth-order valence-corrected chi connectivity index (χ4v) is 4.12. The van der Waals surface area contributed by atoms with Crippen molar-refractivity contribution in [2.45, 2.75) is 30.6 Å². The fraction of sp³-hybridized carbons (Fsp3) is 0.500. The second-order valence-corrected chi connectivity index (χ2v) is 7.50. The SMILES string of the molecule is COC(=O)c1ccc(F)cc1NC1CCCC1S(C)(=O)=O. The average molecular weight is 315 g/mol. The zero-order valence-corrected chi connectivity index (χ0v) is 12.7. The minimum absolute atomic E-state index is 0.193. The van der Waals surface area contributed by atoms with Crippen LogP contribution in [0.4, 0.5) is 10.1 Å². The summed E-state index contributed by atoms with van der Waals surface area (Å²) in [6.45, 7) is 0. The van der Waals surface area contributed by atoms with Crippen LogP contribution in [0, 0.1) is 5.82 Å². The highest BCUT2D eigenvalue weighted by molar-refractivity contribution is 7.91. The van der Waals surface area contributed by atoms with Crippen molar-refractivity contribution in [3.63, 3.8) is 0 Å². The first-order valence-corrected chi connectivity index (χ1v) is 8.61. The van der Waals surface area contributed by atoms with Crippen LogP contribution in [0.15, 0.2) is 18.2 Å². The molecule has 1 N–H and O–H groups in total. The number of rotatable bonds is 4. The van der Waals surface area contributed by atoms with Crippen molar-refractivity contribution in [1.82, 2.24) is 0 Å². The van der Waals surface area contributed by atoms with E-state index in [1.165, 1.54) is 31.6 Å². The fourth-order valence-electron chi connectivity index (χ4n) is 2.73. The summed E-state index contributed by atoms with van der Waals surface area (Å²) in [6.07, 6.45) is 3.21. The lowest BCUT2D eigenvalue weighted by atomic mass is 10.1. The summed E-state index contributed by atoms with van der Waals surface area (Å²) in [5, 5.41) is 2.48. The summed E-state index contributed by atoms with van der Waals surface area (Å²) >= 11 is 0. The Morgan fingerprint density at radius 2 is 2.10 bits per heavy atom. The van der Waals surface area contributed by atoms with E-state index in [-0.39, 0.29) is 17.3 Å². The topological polar surface area (TPSA) is 72.5 Å². The molecule has 1 fully saturated rings. The normalized spacial score (nSPS) is 22.0. The van der Waals surface area contributed by atoms with E-state index in [0.717, 1.165) is 6.42 Å². The number of nitrogens with one attached hydrogen (secondary N) is 1. The van der Waals surface area contributed by atoms with Crippen molar-refractivity contribution >= 4 is 21.5 Å². The Balaban J connectivity index is 2.30. The molecule has 0 amide bonds. The third kappa shape index (κ3) is 3.53. The van der Waals surface area contributed by atoms with Crippen LogP contribution in [0.25, 0.3) is 0 Å². The van der Waals surface area contributed by atoms with E-state index in [2.05, 4.69) is 10.1 Å². The lowest BCUT2D eigenvalue weighted by Gasteiger charge is -2.22. The molecule has 1 saturated carbocycles. The van der Waals surface area contributed by atoms with Crippen molar-refractivity contribution < 1.29 is 22.3 Å². The summed E-state index contributed by atoms with van der Waals surface area (Å²) in [5.74, 6) is -1.09. The maximum Gasteiger partial charge on any atom is 0.339 e. The summed E-state index contributed by atoms with van der Waals surface area (Å²) in [5.41, 5.74) is 0.459. The van der Waals surface area contributed by atoms with Crippen LogP contribution in [0.1, 0.15) is 29.6 Å². The Hall–Kier alpha value is -1.63. The lowest BCUT2D eigenvalue weighted by molar-refractivity contribution is 0.0601. The number of esters is 1. The van der Waals surface area contributed by atoms with E-state index in [1.807, 2.05) is 0 Å². The van der Waals surface area contributed by atoms with E-state index in [0.29, 0.717) is 12.8 Å². The van der Waals surface area contributed by atoms with Gasteiger partial charge in [0.05, 0.1) is 23.6 Å². The molecule has 2 atom stereocenters. The number of hydrogen-bond acceptors (Lipinski definition) is 5. The van der Waals surface area contributed by atoms with Gasteiger partial charge < -0.3 is 10.1 Å². The maximum atomic E-state index is 13.4. The summed E-state index contributed by atoms with van der Waals surface area (Å²) in [7, 11) is -1.95. The van der Waals surface area contributed by atoms with E-state index < -0.39 is 26.9 Å². The second-order valence-electron chi connectivity index (χ2n) is 5.23. The molecule has 116 valence electrons. The summed E-state index contributed by atoms with van der Waals surface area (Å²) < 4.78 is 41.6. The molecular formula is C14H18FNO4S. The van der Waals surface area contributed by atoms with Gasteiger partial charge in [0.25, 0.3) is 0 Å². The molecule has 0 bridgehead atoms. The monoisotopic (exact) mass is 315 g/mol. The highest BCUT2D eigenvalue weighted by atomic mass is 32.2. The van der Waals surface area contributed by atoms with Crippen molar-refractivity contribution in [1.29, 1.82) is 0 Å². The first kappa shape index (κ1) is 15.8. The maximum absolute atomic E-state index is 13.4. The van der Waals surface area contributed by atoms with E-state index in [1.54, 1.807) is 0 Å². The van der Waals surface area contributed by atoms with Crippen LogP contribution in [0.3, 0.4) is 0 Å².